The quantitative estimate of drug-likeness (QED) is 0.268. The van der Waals surface area contributed by atoms with Crippen LogP contribution in [0.25, 0.3) is 21.7 Å². The first-order chi connectivity index (χ1) is 18.5. The lowest BCUT2D eigenvalue weighted by molar-refractivity contribution is 0.0970. The molecule has 0 aliphatic carbocycles. The summed E-state index contributed by atoms with van der Waals surface area (Å²) in [7, 11) is 0. The van der Waals surface area contributed by atoms with Crippen LogP contribution in [0.2, 0.25) is 0 Å². The van der Waals surface area contributed by atoms with Crippen LogP contribution in [0.5, 0.6) is 0 Å². The third kappa shape index (κ3) is 5.86. The van der Waals surface area contributed by atoms with Gasteiger partial charge in [0.05, 0.1) is 22.2 Å². The standard InChI is InChI=1S/C30H31FN4O2S/c1-3-37-30(36)35-17-14-23(15-18-35)29-34-27(22-9-11-25(31)12-10-22)28(38-29)24-13-16-32-26(19-24)33-20(2)21-7-5-4-6-8-21/h4-13,16,19-20,23H,3,14-15,17-18H2,1-2H3,(H,32,33). The molecule has 38 heavy (non-hydrogen) atoms. The van der Waals surface area contributed by atoms with Gasteiger partial charge in [-0.15, -0.1) is 11.3 Å². The summed E-state index contributed by atoms with van der Waals surface area (Å²) >= 11 is 1.67. The van der Waals surface area contributed by atoms with Gasteiger partial charge in [0.1, 0.15) is 11.6 Å². The summed E-state index contributed by atoms with van der Waals surface area (Å²) < 4.78 is 18.9. The summed E-state index contributed by atoms with van der Waals surface area (Å²) in [5.74, 6) is 0.750. The minimum absolute atomic E-state index is 0.0946. The molecule has 5 rings (SSSR count). The van der Waals surface area contributed by atoms with Crippen LogP contribution in [0.15, 0.2) is 72.9 Å². The second kappa shape index (κ2) is 11.7. The third-order valence-electron chi connectivity index (χ3n) is 6.82. The summed E-state index contributed by atoms with van der Waals surface area (Å²) in [4.78, 5) is 24.6. The van der Waals surface area contributed by atoms with Gasteiger partial charge in [0.25, 0.3) is 0 Å². The SMILES string of the molecule is CCOC(=O)N1CCC(c2nc(-c3ccc(F)cc3)c(-c3ccnc(NC(C)c4ccccc4)c3)s2)CC1. The fourth-order valence-corrected chi connectivity index (χ4v) is 5.99. The molecule has 1 aliphatic rings. The number of nitrogens with one attached hydrogen (secondary N) is 1. The Hall–Kier alpha value is -3.78. The number of benzene rings is 2. The number of aromatic nitrogens is 2. The van der Waals surface area contributed by atoms with Crippen LogP contribution < -0.4 is 5.32 Å². The molecule has 0 spiro atoms. The van der Waals surface area contributed by atoms with E-state index in [1.54, 1.807) is 34.6 Å². The molecule has 2 aromatic carbocycles. The van der Waals surface area contributed by atoms with E-state index in [2.05, 4.69) is 29.4 Å². The number of carbonyl (C=O) groups is 1. The third-order valence-corrected chi connectivity index (χ3v) is 8.08. The predicted molar refractivity (Wildman–Crippen MR) is 150 cm³/mol. The van der Waals surface area contributed by atoms with Crippen LogP contribution in [0, 0.1) is 5.82 Å². The van der Waals surface area contributed by atoms with E-state index in [4.69, 9.17) is 9.72 Å². The van der Waals surface area contributed by atoms with Gasteiger partial charge in [-0.25, -0.2) is 19.2 Å². The van der Waals surface area contributed by atoms with Crippen molar-refractivity contribution in [1.29, 1.82) is 0 Å². The molecule has 0 saturated carbocycles. The zero-order valence-electron chi connectivity index (χ0n) is 21.6. The summed E-state index contributed by atoms with van der Waals surface area (Å²) in [6.45, 7) is 5.60. The monoisotopic (exact) mass is 530 g/mol. The molecule has 3 heterocycles. The van der Waals surface area contributed by atoms with E-state index in [0.717, 1.165) is 45.4 Å². The van der Waals surface area contributed by atoms with Gasteiger partial charge in [0.2, 0.25) is 0 Å². The number of rotatable bonds is 7. The van der Waals surface area contributed by atoms with E-state index < -0.39 is 0 Å². The molecule has 4 aromatic rings. The van der Waals surface area contributed by atoms with E-state index in [1.165, 1.54) is 17.7 Å². The van der Waals surface area contributed by atoms with Gasteiger partial charge < -0.3 is 15.0 Å². The molecule has 1 unspecified atom stereocenters. The van der Waals surface area contributed by atoms with Crippen molar-refractivity contribution < 1.29 is 13.9 Å². The van der Waals surface area contributed by atoms with Gasteiger partial charge in [-0.1, -0.05) is 30.3 Å². The summed E-state index contributed by atoms with van der Waals surface area (Å²) in [6, 6.07) is 20.9. The molecule has 1 atom stereocenters. The molecule has 0 bridgehead atoms. The number of piperidine rings is 1. The molecule has 1 amide bonds. The lowest BCUT2D eigenvalue weighted by Gasteiger charge is -2.30. The Morgan fingerprint density at radius 3 is 2.55 bits per heavy atom. The average molecular weight is 531 g/mol. The van der Waals surface area contributed by atoms with Gasteiger partial charge in [0, 0.05) is 36.8 Å². The molecule has 1 N–H and O–H groups in total. The minimum Gasteiger partial charge on any atom is -0.450 e. The fraction of sp³-hybridized carbons (Fsp3) is 0.300. The highest BCUT2D eigenvalue weighted by Gasteiger charge is 2.28. The number of thiazole rings is 1. The summed E-state index contributed by atoms with van der Waals surface area (Å²) in [5, 5.41) is 4.54. The minimum atomic E-state index is -0.276. The van der Waals surface area contributed by atoms with Gasteiger partial charge in [0.15, 0.2) is 0 Å². The van der Waals surface area contributed by atoms with Crippen molar-refractivity contribution in [2.45, 2.75) is 38.6 Å². The summed E-state index contributed by atoms with van der Waals surface area (Å²) in [5.41, 5.74) is 3.90. The van der Waals surface area contributed by atoms with E-state index in [-0.39, 0.29) is 23.9 Å². The van der Waals surface area contributed by atoms with E-state index >= 15 is 0 Å². The van der Waals surface area contributed by atoms with E-state index in [0.29, 0.717) is 19.7 Å². The molecular weight excluding hydrogens is 499 g/mol. The topological polar surface area (TPSA) is 67.3 Å². The Morgan fingerprint density at radius 2 is 1.84 bits per heavy atom. The number of carbonyl (C=O) groups excluding carboxylic acids is 1. The number of likely N-dealkylation sites (tertiary alicyclic amines) is 1. The molecule has 196 valence electrons. The lowest BCUT2D eigenvalue weighted by atomic mass is 9.98. The number of hydrogen-bond donors (Lipinski definition) is 1. The number of ether oxygens (including phenoxy) is 1. The van der Waals surface area contributed by atoms with Crippen LogP contribution in [0.1, 0.15) is 49.2 Å². The Labute approximate surface area is 226 Å². The molecule has 0 radical (unpaired) electrons. The molecule has 1 aliphatic heterocycles. The highest BCUT2D eigenvalue weighted by Crippen LogP contribution is 2.42. The largest absolute Gasteiger partial charge is 0.450 e. The highest BCUT2D eigenvalue weighted by atomic mass is 32.1. The zero-order chi connectivity index (χ0) is 26.5. The van der Waals surface area contributed by atoms with Crippen LogP contribution in [-0.4, -0.2) is 40.7 Å². The molecule has 6 nitrogen and oxygen atoms in total. The Morgan fingerprint density at radius 1 is 1.11 bits per heavy atom. The van der Waals surface area contributed by atoms with Crippen LogP contribution in [0.3, 0.4) is 0 Å². The van der Waals surface area contributed by atoms with Crippen LogP contribution >= 0.6 is 11.3 Å². The molecule has 8 heteroatoms. The van der Waals surface area contributed by atoms with Crippen molar-refractivity contribution in [3.63, 3.8) is 0 Å². The molecular formula is C30H31FN4O2S. The number of pyridine rings is 1. The van der Waals surface area contributed by atoms with E-state index in [9.17, 15) is 9.18 Å². The lowest BCUT2D eigenvalue weighted by Crippen LogP contribution is -2.38. The summed E-state index contributed by atoms with van der Waals surface area (Å²) in [6.07, 6.45) is 3.21. The van der Waals surface area contributed by atoms with Gasteiger partial charge in [-0.2, -0.15) is 0 Å². The van der Waals surface area contributed by atoms with Crippen molar-refractivity contribution in [3.05, 3.63) is 89.3 Å². The van der Waals surface area contributed by atoms with Crippen molar-refractivity contribution in [1.82, 2.24) is 14.9 Å². The maximum Gasteiger partial charge on any atom is 0.409 e. The first-order valence-electron chi connectivity index (χ1n) is 13.0. The van der Waals surface area contributed by atoms with Gasteiger partial charge in [-0.3, -0.25) is 0 Å². The van der Waals surface area contributed by atoms with Crippen molar-refractivity contribution in [2.24, 2.45) is 0 Å². The smallest absolute Gasteiger partial charge is 0.409 e. The Kier molecular flexibility index (Phi) is 7.98. The fourth-order valence-electron chi connectivity index (χ4n) is 4.73. The number of nitrogens with zero attached hydrogens (tertiary/aromatic N) is 3. The van der Waals surface area contributed by atoms with Crippen molar-refractivity contribution in [3.8, 4) is 21.7 Å². The van der Waals surface area contributed by atoms with Crippen molar-refractivity contribution in [2.75, 3.05) is 25.0 Å². The average Bonchev–Trinajstić information content (AvgIpc) is 3.40. The molecule has 2 aromatic heterocycles. The van der Waals surface area contributed by atoms with E-state index in [1.807, 2.05) is 37.3 Å². The first kappa shape index (κ1) is 25.9. The Bertz CT molecular complexity index is 1370. The van der Waals surface area contributed by atoms with Crippen molar-refractivity contribution >= 4 is 23.2 Å². The Balaban J connectivity index is 1.43. The normalized spacial score (nSPS) is 14.8. The van der Waals surface area contributed by atoms with Crippen LogP contribution in [0.4, 0.5) is 15.0 Å². The van der Waals surface area contributed by atoms with Gasteiger partial charge in [-0.05, 0) is 74.2 Å². The zero-order valence-corrected chi connectivity index (χ0v) is 22.4. The number of halogens is 1. The van der Waals surface area contributed by atoms with Gasteiger partial charge >= 0.3 is 6.09 Å². The second-order valence-corrected chi connectivity index (χ2v) is 10.4. The number of anilines is 1. The number of amides is 1. The number of hydrogen-bond acceptors (Lipinski definition) is 6. The first-order valence-corrected chi connectivity index (χ1v) is 13.8. The maximum atomic E-state index is 13.7. The molecule has 1 saturated heterocycles. The molecule has 1 fully saturated rings. The second-order valence-electron chi connectivity index (χ2n) is 9.40. The van der Waals surface area contributed by atoms with Crippen LogP contribution in [-0.2, 0) is 4.74 Å². The highest BCUT2D eigenvalue weighted by molar-refractivity contribution is 7.15. The predicted octanol–water partition coefficient (Wildman–Crippen LogP) is 7.52. The maximum absolute atomic E-state index is 13.7.